The van der Waals surface area contributed by atoms with Crippen LogP contribution in [0, 0.1) is 0 Å². The molecule has 0 bridgehead atoms. The smallest absolute Gasteiger partial charge is 0.168 e. The van der Waals surface area contributed by atoms with Gasteiger partial charge < -0.3 is 9.94 Å². The van der Waals surface area contributed by atoms with E-state index in [1.807, 2.05) is 25.6 Å². The zero-order valence-electron chi connectivity index (χ0n) is 16.0. The quantitative estimate of drug-likeness (QED) is 0.263. The summed E-state index contributed by atoms with van der Waals surface area (Å²) in [4.78, 5) is 19.0. The fourth-order valence-corrected chi connectivity index (χ4v) is 4.05. The summed E-state index contributed by atoms with van der Waals surface area (Å²) < 4.78 is 0. The number of oxime groups is 1. The van der Waals surface area contributed by atoms with Gasteiger partial charge in [-0.15, -0.1) is 11.8 Å². The van der Waals surface area contributed by atoms with Crippen LogP contribution in [0.2, 0.25) is 0 Å². The van der Waals surface area contributed by atoms with Gasteiger partial charge in [-0.2, -0.15) is 0 Å². The first-order chi connectivity index (χ1) is 12.6. The van der Waals surface area contributed by atoms with Gasteiger partial charge >= 0.3 is 0 Å². The Morgan fingerprint density at radius 1 is 1.23 bits per heavy atom. The van der Waals surface area contributed by atoms with E-state index in [0.29, 0.717) is 37.2 Å². The highest BCUT2D eigenvalue weighted by molar-refractivity contribution is 7.99. The van der Waals surface area contributed by atoms with E-state index in [1.165, 1.54) is 17.7 Å². The van der Waals surface area contributed by atoms with Crippen LogP contribution in [0.1, 0.15) is 64.4 Å². The van der Waals surface area contributed by atoms with Crippen LogP contribution in [0.4, 0.5) is 0 Å². The Hall–Kier alpha value is -1.75. The molecule has 0 saturated heterocycles. The molecule has 1 N–H and O–H groups in total. The standard InChI is InChI=1S/C21H29NO3S/c1-4-7-12-26-17-10-8-15(9-11-17)16-13-19(23)21(20(24)14-16)18(5-2)22-25-6-3/h8-11,16,23H,4-7,12-14H2,1-3H3/b22-18-. The van der Waals surface area contributed by atoms with Crippen molar-refractivity contribution in [2.24, 2.45) is 5.16 Å². The molecule has 0 amide bonds. The molecule has 1 aromatic carbocycles. The molecule has 1 unspecified atom stereocenters. The average Bonchev–Trinajstić information content (AvgIpc) is 2.64. The Morgan fingerprint density at radius 2 is 1.96 bits per heavy atom. The topological polar surface area (TPSA) is 58.9 Å². The van der Waals surface area contributed by atoms with Gasteiger partial charge in [0.15, 0.2) is 5.78 Å². The zero-order valence-corrected chi connectivity index (χ0v) is 16.8. The van der Waals surface area contributed by atoms with Crippen LogP contribution < -0.4 is 0 Å². The van der Waals surface area contributed by atoms with E-state index in [1.54, 1.807) is 0 Å². The number of unbranched alkanes of at least 4 members (excludes halogenated alkanes) is 1. The summed E-state index contributed by atoms with van der Waals surface area (Å²) in [5.74, 6) is 1.23. The SMILES string of the molecule is CCCCSc1ccc(C2CC(=O)C(/C(CC)=N\OCC)=C(O)C2)cc1. The predicted molar refractivity (Wildman–Crippen MR) is 108 cm³/mol. The minimum absolute atomic E-state index is 0.0196. The lowest BCUT2D eigenvalue weighted by atomic mass is 9.81. The number of benzene rings is 1. The highest BCUT2D eigenvalue weighted by Gasteiger charge is 2.31. The molecule has 0 fully saturated rings. The van der Waals surface area contributed by atoms with E-state index in [2.05, 4.69) is 36.3 Å². The van der Waals surface area contributed by atoms with Gasteiger partial charge in [-0.25, -0.2) is 0 Å². The molecule has 0 spiro atoms. The van der Waals surface area contributed by atoms with Gasteiger partial charge in [-0.05, 0) is 49.1 Å². The summed E-state index contributed by atoms with van der Waals surface area (Å²) in [6.45, 7) is 6.39. The van der Waals surface area contributed by atoms with Crippen LogP contribution in [0.3, 0.4) is 0 Å². The lowest BCUT2D eigenvalue weighted by Gasteiger charge is -2.24. The molecule has 0 radical (unpaired) electrons. The number of ketones is 1. The van der Waals surface area contributed by atoms with Crippen molar-refractivity contribution in [2.45, 2.75) is 63.7 Å². The average molecular weight is 376 g/mol. The summed E-state index contributed by atoms with van der Waals surface area (Å²) in [5.41, 5.74) is 1.99. The van der Waals surface area contributed by atoms with Gasteiger partial charge in [0.05, 0.1) is 11.3 Å². The number of thioether (sulfide) groups is 1. The number of hydrogen-bond donors (Lipinski definition) is 1. The van der Waals surface area contributed by atoms with Crippen molar-refractivity contribution < 1.29 is 14.7 Å². The first-order valence-corrected chi connectivity index (χ1v) is 10.5. The fourth-order valence-electron chi connectivity index (χ4n) is 3.06. The third kappa shape index (κ3) is 5.37. The molecule has 0 saturated carbocycles. The molecule has 142 valence electrons. The van der Waals surface area contributed by atoms with Crippen molar-refractivity contribution in [1.29, 1.82) is 0 Å². The van der Waals surface area contributed by atoms with E-state index in [-0.39, 0.29) is 17.5 Å². The van der Waals surface area contributed by atoms with Crippen molar-refractivity contribution >= 4 is 23.3 Å². The van der Waals surface area contributed by atoms with Crippen molar-refractivity contribution in [1.82, 2.24) is 0 Å². The van der Waals surface area contributed by atoms with Gasteiger partial charge in [0, 0.05) is 17.7 Å². The molecule has 5 heteroatoms. The zero-order chi connectivity index (χ0) is 18.9. The highest BCUT2D eigenvalue weighted by Crippen LogP contribution is 2.35. The minimum atomic E-state index is -0.0551. The number of aliphatic hydroxyl groups is 1. The van der Waals surface area contributed by atoms with Gasteiger partial charge in [0.25, 0.3) is 0 Å². The Labute approximate surface area is 160 Å². The lowest BCUT2D eigenvalue weighted by Crippen LogP contribution is -2.23. The molecule has 1 aliphatic rings. The van der Waals surface area contributed by atoms with Crippen molar-refractivity contribution in [3.63, 3.8) is 0 Å². The maximum Gasteiger partial charge on any atom is 0.168 e. The monoisotopic (exact) mass is 375 g/mol. The van der Waals surface area contributed by atoms with Gasteiger partial charge in [-0.1, -0.05) is 37.6 Å². The summed E-state index contributed by atoms with van der Waals surface area (Å²) in [7, 11) is 0. The first-order valence-electron chi connectivity index (χ1n) is 9.47. The van der Waals surface area contributed by atoms with Crippen molar-refractivity contribution in [3.8, 4) is 0 Å². The van der Waals surface area contributed by atoms with Crippen molar-refractivity contribution in [3.05, 3.63) is 41.2 Å². The maximum absolute atomic E-state index is 12.6. The van der Waals surface area contributed by atoms with Gasteiger partial charge in [-0.3, -0.25) is 4.79 Å². The van der Waals surface area contributed by atoms with Gasteiger partial charge in [0.1, 0.15) is 12.4 Å². The molecule has 26 heavy (non-hydrogen) atoms. The summed E-state index contributed by atoms with van der Waals surface area (Å²) >= 11 is 1.86. The van der Waals surface area contributed by atoms with E-state index in [0.717, 1.165) is 11.3 Å². The summed E-state index contributed by atoms with van der Waals surface area (Å²) in [5, 5.41) is 14.5. The second-order valence-corrected chi connectivity index (χ2v) is 7.60. The predicted octanol–water partition coefficient (Wildman–Crippen LogP) is 5.64. The summed E-state index contributed by atoms with van der Waals surface area (Å²) in [6.07, 6.45) is 3.84. The van der Waals surface area contributed by atoms with Crippen LogP contribution >= 0.6 is 11.8 Å². The molecule has 0 heterocycles. The van der Waals surface area contributed by atoms with E-state index < -0.39 is 0 Å². The number of rotatable bonds is 9. The van der Waals surface area contributed by atoms with Crippen LogP contribution in [0.5, 0.6) is 0 Å². The number of carbonyl (C=O) groups excluding carboxylic acids is 1. The molecule has 0 aromatic heterocycles. The highest BCUT2D eigenvalue weighted by atomic mass is 32.2. The Balaban J connectivity index is 2.11. The number of aliphatic hydroxyl groups excluding tert-OH is 1. The Bertz CT molecular complexity index is 664. The largest absolute Gasteiger partial charge is 0.511 e. The second-order valence-electron chi connectivity index (χ2n) is 6.43. The molecular formula is C21H29NO3S. The number of hydrogen-bond acceptors (Lipinski definition) is 5. The van der Waals surface area contributed by atoms with Crippen LogP contribution in [-0.2, 0) is 9.63 Å². The third-order valence-corrected chi connectivity index (χ3v) is 5.58. The van der Waals surface area contributed by atoms with E-state index >= 15 is 0 Å². The van der Waals surface area contributed by atoms with Crippen LogP contribution in [-0.4, -0.2) is 29.0 Å². The third-order valence-electron chi connectivity index (χ3n) is 4.48. The fraction of sp³-hybridized carbons (Fsp3) is 0.524. The first kappa shape index (κ1) is 20.6. The second kappa shape index (κ2) is 10.4. The normalized spacial score (nSPS) is 18.3. The molecule has 1 aromatic rings. The molecule has 4 nitrogen and oxygen atoms in total. The molecule has 1 atom stereocenters. The van der Waals surface area contributed by atoms with E-state index in [4.69, 9.17) is 4.84 Å². The number of allylic oxidation sites excluding steroid dienone is 2. The molecular weight excluding hydrogens is 346 g/mol. The Morgan fingerprint density at radius 3 is 2.54 bits per heavy atom. The molecule has 2 rings (SSSR count). The lowest BCUT2D eigenvalue weighted by molar-refractivity contribution is -0.116. The summed E-state index contributed by atoms with van der Waals surface area (Å²) in [6, 6.07) is 8.40. The molecule has 1 aliphatic carbocycles. The Kier molecular flexibility index (Phi) is 8.23. The van der Waals surface area contributed by atoms with Gasteiger partial charge in [0.2, 0.25) is 0 Å². The number of carbonyl (C=O) groups is 1. The van der Waals surface area contributed by atoms with E-state index in [9.17, 15) is 9.90 Å². The van der Waals surface area contributed by atoms with Crippen molar-refractivity contribution in [2.75, 3.05) is 12.4 Å². The number of Topliss-reactive ketones (excluding diaryl/α,β-unsaturated/α-hetero) is 1. The van der Waals surface area contributed by atoms with Crippen LogP contribution in [0.25, 0.3) is 0 Å². The van der Waals surface area contributed by atoms with Crippen LogP contribution in [0.15, 0.2) is 45.6 Å². The number of nitrogens with zero attached hydrogens (tertiary/aromatic N) is 1. The minimum Gasteiger partial charge on any atom is -0.511 e. The molecule has 0 aliphatic heterocycles. The maximum atomic E-state index is 12.6.